The molecule has 1 unspecified atom stereocenters. The van der Waals surface area contributed by atoms with E-state index in [-0.39, 0.29) is 5.75 Å². The maximum absolute atomic E-state index is 12.2. The van der Waals surface area contributed by atoms with E-state index in [4.69, 9.17) is 5.11 Å². The molecule has 0 aromatic carbocycles. The molecule has 1 heterocycles. The normalized spacial score (nSPS) is 19.8. The molecule has 1 aliphatic heterocycles. The van der Waals surface area contributed by atoms with E-state index >= 15 is 0 Å². The molecule has 0 saturated carbocycles. The molecule has 1 aliphatic rings. The van der Waals surface area contributed by atoms with E-state index in [9.17, 15) is 19.3 Å². The number of carbonyl (C=O) groups is 3. The van der Waals surface area contributed by atoms with Gasteiger partial charge >= 0.3 is 5.97 Å². The maximum Gasteiger partial charge on any atom is 0.326 e. The molecule has 0 bridgehead atoms. The first-order valence-corrected chi connectivity index (χ1v) is 6.66. The molecule has 2 N–H and O–H groups in total. The number of aliphatic carboxylic acids is 1. The zero-order chi connectivity index (χ0) is 14.4. The highest BCUT2D eigenvalue weighted by Crippen LogP contribution is 2.19. The van der Waals surface area contributed by atoms with E-state index in [0.29, 0.717) is 31.3 Å². The number of hydrogen-bond donors (Lipinski definition) is 2. The van der Waals surface area contributed by atoms with Crippen LogP contribution in [0.3, 0.4) is 0 Å². The molecule has 0 radical (unpaired) electrons. The highest BCUT2D eigenvalue weighted by Gasteiger charge is 2.37. The van der Waals surface area contributed by atoms with Crippen molar-refractivity contribution in [3.63, 3.8) is 0 Å². The van der Waals surface area contributed by atoms with Gasteiger partial charge in [0.25, 0.3) is 0 Å². The summed E-state index contributed by atoms with van der Waals surface area (Å²) in [5.74, 6) is -1.98. The lowest BCUT2D eigenvalue weighted by Crippen LogP contribution is -2.52. The third-order valence-corrected chi connectivity index (χ3v) is 3.38. The van der Waals surface area contributed by atoms with Crippen LogP contribution in [0.25, 0.3) is 0 Å². The number of carboxylic acid groups (broad SMARTS) is 1. The smallest absolute Gasteiger partial charge is 0.326 e. The van der Waals surface area contributed by atoms with Crippen LogP contribution in [0.1, 0.15) is 19.8 Å². The number of nitroso groups, excluding NO2 is 1. The van der Waals surface area contributed by atoms with E-state index in [2.05, 4.69) is 9.90 Å². The summed E-state index contributed by atoms with van der Waals surface area (Å²) in [4.78, 5) is 45.6. The largest absolute Gasteiger partial charge is 0.480 e. The first kappa shape index (κ1) is 15.4. The number of carbonyl (C=O) groups excluding carboxylic acids is 2. The minimum absolute atomic E-state index is 0.00917. The van der Waals surface area contributed by atoms with Crippen LogP contribution < -0.4 is 5.32 Å². The molecule has 0 spiro atoms. The molecule has 9 heteroatoms. The summed E-state index contributed by atoms with van der Waals surface area (Å²) in [5, 5.41) is 11.4. The van der Waals surface area contributed by atoms with Crippen LogP contribution in [0.5, 0.6) is 0 Å². The predicted molar refractivity (Wildman–Crippen MR) is 68.2 cm³/mol. The Balaban J connectivity index is 2.76. The average molecular weight is 289 g/mol. The van der Waals surface area contributed by atoms with Crippen LogP contribution >= 0.6 is 11.9 Å². The molecule has 0 aliphatic carbocycles. The van der Waals surface area contributed by atoms with E-state index in [1.54, 1.807) is 0 Å². The Hall–Kier alpha value is -1.64. The van der Waals surface area contributed by atoms with Gasteiger partial charge in [-0.3, -0.25) is 9.59 Å². The van der Waals surface area contributed by atoms with Gasteiger partial charge in [0, 0.05) is 35.8 Å². The quantitative estimate of drug-likeness (QED) is 0.524. The average Bonchev–Trinajstić information content (AvgIpc) is 2.82. The summed E-state index contributed by atoms with van der Waals surface area (Å²) >= 11 is 0.615. The van der Waals surface area contributed by atoms with Gasteiger partial charge in [-0.15, -0.1) is 4.91 Å². The van der Waals surface area contributed by atoms with Crippen LogP contribution in [-0.2, 0) is 14.4 Å². The van der Waals surface area contributed by atoms with Crippen LogP contribution in [0, 0.1) is 4.91 Å². The summed E-state index contributed by atoms with van der Waals surface area (Å²) < 4.78 is 2.57. The van der Waals surface area contributed by atoms with Crippen molar-refractivity contribution in [3.05, 3.63) is 4.91 Å². The zero-order valence-electron chi connectivity index (χ0n) is 10.4. The van der Waals surface area contributed by atoms with E-state index in [0.717, 1.165) is 0 Å². The number of likely N-dealkylation sites (tertiary alicyclic amines) is 1. The van der Waals surface area contributed by atoms with Crippen LogP contribution in [0.2, 0.25) is 0 Å². The Morgan fingerprint density at radius 1 is 1.53 bits per heavy atom. The Kier molecular flexibility index (Phi) is 5.74. The van der Waals surface area contributed by atoms with E-state index < -0.39 is 29.9 Å². The molecule has 1 rings (SSSR count). The predicted octanol–water partition coefficient (Wildman–Crippen LogP) is -0.0187. The molecule has 1 fully saturated rings. The fourth-order valence-corrected chi connectivity index (χ4v) is 2.45. The summed E-state index contributed by atoms with van der Waals surface area (Å²) in [6.07, 6.45) is 1.00. The van der Waals surface area contributed by atoms with Crippen LogP contribution in [-0.4, -0.2) is 52.2 Å². The van der Waals surface area contributed by atoms with Gasteiger partial charge in [-0.05, 0) is 12.8 Å². The van der Waals surface area contributed by atoms with Crippen LogP contribution in [0.15, 0.2) is 4.58 Å². The number of nitrogens with one attached hydrogen (secondary N) is 1. The third-order valence-electron chi connectivity index (χ3n) is 2.79. The summed E-state index contributed by atoms with van der Waals surface area (Å²) in [6.45, 7) is 1.59. The Bertz CT molecular complexity index is 389. The molecule has 0 aromatic rings. The van der Waals surface area contributed by atoms with Crippen molar-refractivity contribution >= 4 is 29.7 Å². The summed E-state index contributed by atoms with van der Waals surface area (Å²) in [6, 6.07) is -1.79. The van der Waals surface area contributed by atoms with E-state index in [1.165, 1.54) is 11.8 Å². The number of rotatable bonds is 6. The van der Waals surface area contributed by atoms with Gasteiger partial charge in [-0.2, -0.15) is 0 Å². The Labute approximate surface area is 114 Å². The fourth-order valence-electron chi connectivity index (χ4n) is 2.01. The zero-order valence-corrected chi connectivity index (χ0v) is 11.2. The molecule has 2 amide bonds. The van der Waals surface area contributed by atoms with Gasteiger partial charge in [0.15, 0.2) is 0 Å². The fraction of sp³-hybridized carbons (Fsp3) is 0.700. The van der Waals surface area contributed by atoms with Gasteiger partial charge in [-0.25, -0.2) is 4.79 Å². The number of carboxylic acids is 1. The first-order valence-electron chi connectivity index (χ1n) is 5.72. The molecule has 106 valence electrons. The van der Waals surface area contributed by atoms with Crippen molar-refractivity contribution in [1.29, 1.82) is 0 Å². The second kappa shape index (κ2) is 7.07. The SMILES string of the molecule is CC(=O)NC(CSN=O)C(=O)N1CCC[C@H]1C(=O)O. The topological polar surface area (TPSA) is 116 Å². The Morgan fingerprint density at radius 2 is 2.21 bits per heavy atom. The van der Waals surface area contributed by atoms with Gasteiger partial charge < -0.3 is 15.3 Å². The summed E-state index contributed by atoms with van der Waals surface area (Å²) in [5.41, 5.74) is 0. The third kappa shape index (κ3) is 4.19. The van der Waals surface area contributed by atoms with Crippen molar-refractivity contribution in [3.8, 4) is 0 Å². The van der Waals surface area contributed by atoms with Crippen molar-refractivity contribution < 1.29 is 19.5 Å². The number of hydrogen-bond acceptors (Lipinski definition) is 6. The van der Waals surface area contributed by atoms with Gasteiger partial charge in [0.1, 0.15) is 12.1 Å². The highest BCUT2D eigenvalue weighted by atomic mass is 32.2. The van der Waals surface area contributed by atoms with Gasteiger partial charge in [0.05, 0.1) is 0 Å². The van der Waals surface area contributed by atoms with Crippen molar-refractivity contribution in [2.24, 2.45) is 4.58 Å². The van der Waals surface area contributed by atoms with Crippen molar-refractivity contribution in [2.45, 2.75) is 31.8 Å². The van der Waals surface area contributed by atoms with Gasteiger partial charge in [-0.1, -0.05) is 0 Å². The van der Waals surface area contributed by atoms with Crippen LogP contribution in [0.4, 0.5) is 0 Å². The lowest BCUT2D eigenvalue weighted by molar-refractivity contribution is -0.149. The van der Waals surface area contributed by atoms with Gasteiger partial charge in [0.2, 0.25) is 11.8 Å². The molecular weight excluding hydrogens is 274 g/mol. The van der Waals surface area contributed by atoms with E-state index in [1.807, 2.05) is 0 Å². The molecule has 8 nitrogen and oxygen atoms in total. The molecule has 19 heavy (non-hydrogen) atoms. The highest BCUT2D eigenvalue weighted by molar-refractivity contribution is 7.97. The minimum Gasteiger partial charge on any atom is -0.480 e. The molecule has 2 atom stereocenters. The molecule has 0 aromatic heterocycles. The maximum atomic E-state index is 12.2. The molecule has 1 saturated heterocycles. The standard InChI is InChI=1S/C10H15N3O5S/c1-6(14)11-7(5-19-12-18)9(15)13-4-2-3-8(13)10(16)17/h7-8H,2-5H2,1H3,(H,11,14)(H,16,17)/t7?,8-/m0/s1. The second-order valence-corrected chi connectivity index (χ2v) is 4.89. The Morgan fingerprint density at radius 3 is 2.74 bits per heavy atom. The lowest BCUT2D eigenvalue weighted by Gasteiger charge is -2.26. The monoisotopic (exact) mass is 289 g/mol. The summed E-state index contributed by atoms with van der Waals surface area (Å²) in [7, 11) is 0. The van der Waals surface area contributed by atoms with Crippen molar-refractivity contribution in [1.82, 2.24) is 10.2 Å². The lowest BCUT2D eigenvalue weighted by atomic mass is 10.2. The number of nitrogens with zero attached hydrogens (tertiary/aromatic N) is 2. The second-order valence-electron chi connectivity index (χ2n) is 4.15. The molecular formula is C10H15N3O5S. The first-order chi connectivity index (χ1) is 8.97. The van der Waals surface area contributed by atoms with Crippen molar-refractivity contribution in [2.75, 3.05) is 12.3 Å². The minimum atomic E-state index is -1.06. The number of amides is 2.